The first-order valence-electron chi connectivity index (χ1n) is 4.66. The molecule has 1 saturated carbocycles. The van der Waals surface area contributed by atoms with Crippen LogP contribution in [0.3, 0.4) is 0 Å². The molecule has 0 amide bonds. The van der Waals surface area contributed by atoms with Gasteiger partial charge in [-0.2, -0.15) is 0 Å². The maximum Gasteiger partial charge on any atom is 0.209 e. The number of ketones is 1. The predicted molar refractivity (Wildman–Crippen MR) is 51.9 cm³/mol. The summed E-state index contributed by atoms with van der Waals surface area (Å²) >= 11 is 1.61. The first-order chi connectivity index (χ1) is 6.75. The van der Waals surface area contributed by atoms with E-state index in [-0.39, 0.29) is 0 Å². The fourth-order valence-corrected chi connectivity index (χ4v) is 2.68. The molecule has 1 aliphatic rings. The van der Waals surface area contributed by atoms with Gasteiger partial charge in [0.15, 0.2) is 0 Å². The van der Waals surface area contributed by atoms with Gasteiger partial charge in [0.2, 0.25) is 5.16 Å². The van der Waals surface area contributed by atoms with Gasteiger partial charge in [0.25, 0.3) is 0 Å². The number of carbonyl (C=O) groups is 1. The highest BCUT2D eigenvalue weighted by Gasteiger charge is 2.22. The molecule has 76 valence electrons. The number of tetrazole rings is 1. The first-order valence-corrected chi connectivity index (χ1v) is 5.54. The normalized spacial score (nSPS) is 22.6. The van der Waals surface area contributed by atoms with Gasteiger partial charge >= 0.3 is 0 Å². The van der Waals surface area contributed by atoms with Crippen molar-refractivity contribution in [3.8, 4) is 0 Å². The molecule has 1 unspecified atom stereocenters. The number of carbonyl (C=O) groups excluding carboxylic acids is 1. The topological polar surface area (TPSA) is 60.7 Å². The number of hydrogen-bond donors (Lipinski definition) is 0. The Morgan fingerprint density at radius 1 is 1.57 bits per heavy atom. The number of thioether (sulfide) groups is 1. The molecular weight excluding hydrogens is 200 g/mol. The van der Waals surface area contributed by atoms with E-state index in [0.717, 1.165) is 24.4 Å². The van der Waals surface area contributed by atoms with Crippen LogP contribution in [0.1, 0.15) is 25.7 Å². The van der Waals surface area contributed by atoms with Gasteiger partial charge in [-0.1, -0.05) is 11.8 Å². The van der Waals surface area contributed by atoms with Gasteiger partial charge in [-0.15, -0.1) is 5.10 Å². The Bertz CT molecular complexity index is 338. The number of rotatable bonds is 2. The van der Waals surface area contributed by atoms with Crippen LogP contribution in [0.25, 0.3) is 0 Å². The third kappa shape index (κ3) is 2.12. The second-order valence-electron chi connectivity index (χ2n) is 3.46. The summed E-state index contributed by atoms with van der Waals surface area (Å²) in [6.45, 7) is 0. The minimum absolute atomic E-state index is 0.362. The van der Waals surface area contributed by atoms with Crippen LogP contribution >= 0.6 is 11.8 Å². The maximum absolute atomic E-state index is 11.2. The van der Waals surface area contributed by atoms with Crippen LogP contribution in [0.15, 0.2) is 5.16 Å². The summed E-state index contributed by atoms with van der Waals surface area (Å²) in [5.74, 6) is 0.365. The zero-order chi connectivity index (χ0) is 9.97. The van der Waals surface area contributed by atoms with Gasteiger partial charge in [-0.05, 0) is 23.3 Å². The van der Waals surface area contributed by atoms with Crippen LogP contribution < -0.4 is 0 Å². The van der Waals surface area contributed by atoms with E-state index in [2.05, 4.69) is 15.5 Å². The molecule has 1 fully saturated rings. The molecule has 5 nitrogen and oxygen atoms in total. The fraction of sp³-hybridized carbons (Fsp3) is 0.750. The standard InChI is InChI=1S/C8H12N4OS/c1-12-8(9-10-11-12)14-7-4-2-3-6(13)5-7/h7H,2-5H2,1H3. The molecule has 0 spiro atoms. The summed E-state index contributed by atoms with van der Waals surface area (Å²) in [5, 5.41) is 12.4. The first kappa shape index (κ1) is 9.64. The highest BCUT2D eigenvalue weighted by atomic mass is 32.2. The molecule has 0 radical (unpaired) electrons. The van der Waals surface area contributed by atoms with Crippen LogP contribution in [-0.2, 0) is 11.8 Å². The lowest BCUT2D eigenvalue weighted by atomic mass is 9.99. The molecule has 1 aromatic rings. The van der Waals surface area contributed by atoms with Crippen LogP contribution in [0.2, 0.25) is 0 Å². The summed E-state index contributed by atoms with van der Waals surface area (Å²) in [6.07, 6.45) is 3.50. The minimum Gasteiger partial charge on any atom is -0.300 e. The number of aryl methyl sites for hydroxylation is 1. The Labute approximate surface area is 86.2 Å². The number of nitrogens with zero attached hydrogens (tertiary/aromatic N) is 4. The highest BCUT2D eigenvalue weighted by Crippen LogP contribution is 2.30. The molecule has 0 bridgehead atoms. The molecule has 0 aromatic carbocycles. The van der Waals surface area contributed by atoms with Gasteiger partial charge in [0.05, 0.1) is 0 Å². The smallest absolute Gasteiger partial charge is 0.209 e. The molecule has 0 saturated heterocycles. The molecule has 6 heteroatoms. The van der Waals surface area contributed by atoms with Gasteiger partial charge in [0, 0.05) is 25.1 Å². The zero-order valence-corrected chi connectivity index (χ0v) is 8.83. The van der Waals surface area contributed by atoms with Gasteiger partial charge in [0.1, 0.15) is 5.78 Å². The van der Waals surface area contributed by atoms with Crippen LogP contribution in [0.4, 0.5) is 0 Å². The van der Waals surface area contributed by atoms with Crippen molar-refractivity contribution >= 4 is 17.5 Å². The highest BCUT2D eigenvalue weighted by molar-refractivity contribution is 7.99. The Kier molecular flexibility index (Phi) is 2.81. The van der Waals surface area contributed by atoms with E-state index in [9.17, 15) is 4.79 Å². The average molecular weight is 212 g/mol. The molecule has 14 heavy (non-hydrogen) atoms. The predicted octanol–water partition coefficient (Wildman–Crippen LogP) is 0.814. The van der Waals surface area contributed by atoms with Crippen molar-refractivity contribution in [3.63, 3.8) is 0 Å². The van der Waals surface area contributed by atoms with Crippen molar-refractivity contribution in [3.05, 3.63) is 0 Å². The molecular formula is C8H12N4OS. The van der Waals surface area contributed by atoms with Crippen molar-refractivity contribution in [2.45, 2.75) is 36.1 Å². The van der Waals surface area contributed by atoms with E-state index in [0.29, 0.717) is 17.5 Å². The van der Waals surface area contributed by atoms with Crippen LogP contribution in [0.5, 0.6) is 0 Å². The third-order valence-electron chi connectivity index (χ3n) is 2.29. The summed E-state index contributed by atoms with van der Waals surface area (Å²) in [7, 11) is 1.81. The second kappa shape index (κ2) is 4.08. The molecule has 1 aliphatic carbocycles. The van der Waals surface area contributed by atoms with Crippen molar-refractivity contribution in [2.75, 3.05) is 0 Å². The number of hydrogen-bond acceptors (Lipinski definition) is 5. The summed E-state index contributed by atoms with van der Waals surface area (Å²) in [5.41, 5.74) is 0. The number of Topliss-reactive ketones (excluding diaryl/α,β-unsaturated/α-hetero) is 1. The van der Waals surface area contributed by atoms with Gasteiger partial charge < -0.3 is 0 Å². The van der Waals surface area contributed by atoms with E-state index < -0.39 is 0 Å². The Hall–Kier alpha value is -0.910. The van der Waals surface area contributed by atoms with Crippen LogP contribution in [-0.4, -0.2) is 31.2 Å². The third-order valence-corrected chi connectivity index (χ3v) is 3.58. The van der Waals surface area contributed by atoms with E-state index in [1.807, 2.05) is 7.05 Å². The lowest BCUT2D eigenvalue weighted by molar-refractivity contribution is -0.120. The average Bonchev–Trinajstić information content (AvgIpc) is 2.52. The van der Waals surface area contributed by atoms with Crippen molar-refractivity contribution in [1.82, 2.24) is 20.2 Å². The molecule has 1 aromatic heterocycles. The largest absolute Gasteiger partial charge is 0.300 e. The zero-order valence-electron chi connectivity index (χ0n) is 8.01. The Balaban J connectivity index is 1.97. The fourth-order valence-electron chi connectivity index (χ4n) is 1.56. The SMILES string of the molecule is Cn1nnnc1SC1CCCC(=O)C1. The number of aromatic nitrogens is 4. The summed E-state index contributed by atoms with van der Waals surface area (Å²) in [6, 6.07) is 0. The van der Waals surface area contributed by atoms with E-state index >= 15 is 0 Å². The minimum atomic E-state index is 0.362. The summed E-state index contributed by atoms with van der Waals surface area (Å²) < 4.78 is 1.64. The van der Waals surface area contributed by atoms with Gasteiger partial charge in [-0.25, -0.2) is 4.68 Å². The van der Waals surface area contributed by atoms with Crippen molar-refractivity contribution < 1.29 is 4.79 Å². The lowest BCUT2D eigenvalue weighted by Gasteiger charge is -2.18. The molecule has 1 heterocycles. The monoisotopic (exact) mass is 212 g/mol. The molecule has 2 rings (SSSR count). The van der Waals surface area contributed by atoms with E-state index in [1.165, 1.54) is 0 Å². The molecule has 0 N–H and O–H groups in total. The van der Waals surface area contributed by atoms with E-state index in [4.69, 9.17) is 0 Å². The Morgan fingerprint density at radius 3 is 3.07 bits per heavy atom. The summed E-state index contributed by atoms with van der Waals surface area (Å²) in [4.78, 5) is 11.2. The van der Waals surface area contributed by atoms with Gasteiger partial charge in [-0.3, -0.25) is 4.79 Å². The molecule has 0 aliphatic heterocycles. The second-order valence-corrected chi connectivity index (χ2v) is 4.73. The quantitative estimate of drug-likeness (QED) is 0.726. The lowest BCUT2D eigenvalue weighted by Crippen LogP contribution is -2.17. The Morgan fingerprint density at radius 2 is 2.43 bits per heavy atom. The van der Waals surface area contributed by atoms with Crippen molar-refractivity contribution in [1.29, 1.82) is 0 Å². The van der Waals surface area contributed by atoms with E-state index in [1.54, 1.807) is 16.4 Å². The molecule has 1 atom stereocenters. The maximum atomic E-state index is 11.2. The van der Waals surface area contributed by atoms with Crippen LogP contribution in [0, 0.1) is 0 Å². The van der Waals surface area contributed by atoms with Crippen molar-refractivity contribution in [2.24, 2.45) is 7.05 Å².